The van der Waals surface area contributed by atoms with Gasteiger partial charge in [0.05, 0.1) is 26.3 Å². The summed E-state index contributed by atoms with van der Waals surface area (Å²) in [5, 5.41) is 1.24. The number of benzene rings is 2. The largest absolute Gasteiger partial charge is 0.497 e. The van der Waals surface area contributed by atoms with Crippen LogP contribution in [0, 0.1) is 0 Å². The summed E-state index contributed by atoms with van der Waals surface area (Å²) >= 11 is 0. The van der Waals surface area contributed by atoms with Crippen LogP contribution in [0.3, 0.4) is 0 Å². The second-order valence-electron chi connectivity index (χ2n) is 11.0. The lowest BCUT2D eigenvalue weighted by molar-refractivity contribution is 0.297. The van der Waals surface area contributed by atoms with Crippen molar-refractivity contribution in [2.24, 2.45) is 7.05 Å². The van der Waals surface area contributed by atoms with Crippen molar-refractivity contribution in [3.63, 3.8) is 0 Å². The summed E-state index contributed by atoms with van der Waals surface area (Å²) in [6.07, 6.45) is 6.10. The molecular weight excluding hydrogens is 478 g/mol. The minimum atomic E-state index is -1.88. The highest BCUT2D eigenvalue weighted by Crippen LogP contribution is 2.38. The SMILES string of the molecule is COc1cc(OC)cc(N(CCO[Si](C)(C)C(C)(C)C)c2ccc3ncc(-c4ccn(C)c4)cc3c2)c1. The second-order valence-corrected chi connectivity index (χ2v) is 15.8. The van der Waals surface area contributed by atoms with Crippen molar-refractivity contribution in [3.05, 3.63) is 67.1 Å². The van der Waals surface area contributed by atoms with Gasteiger partial charge in [-0.3, -0.25) is 4.98 Å². The van der Waals surface area contributed by atoms with E-state index >= 15 is 0 Å². The summed E-state index contributed by atoms with van der Waals surface area (Å²) in [6, 6.07) is 16.7. The number of aromatic nitrogens is 2. The Labute approximate surface area is 221 Å². The third-order valence-corrected chi connectivity index (χ3v) is 11.9. The minimum Gasteiger partial charge on any atom is -0.497 e. The molecule has 0 saturated carbocycles. The molecule has 7 heteroatoms. The molecule has 0 N–H and O–H groups in total. The van der Waals surface area contributed by atoms with Gasteiger partial charge in [-0.1, -0.05) is 20.8 Å². The van der Waals surface area contributed by atoms with E-state index in [1.807, 2.05) is 31.4 Å². The number of aryl methyl sites for hydroxylation is 1. The number of anilines is 2. The average Bonchev–Trinajstić information content (AvgIpc) is 3.31. The van der Waals surface area contributed by atoms with E-state index in [4.69, 9.17) is 18.9 Å². The van der Waals surface area contributed by atoms with Crippen LogP contribution in [-0.2, 0) is 11.5 Å². The highest BCUT2D eigenvalue weighted by Gasteiger charge is 2.37. The van der Waals surface area contributed by atoms with Crippen LogP contribution in [0.4, 0.5) is 11.4 Å². The first-order valence-electron chi connectivity index (χ1n) is 12.7. The molecule has 2 aromatic carbocycles. The molecule has 0 saturated heterocycles. The molecular formula is C30H39N3O3Si. The first-order chi connectivity index (χ1) is 17.5. The average molecular weight is 518 g/mol. The van der Waals surface area contributed by atoms with Crippen LogP contribution >= 0.6 is 0 Å². The Bertz CT molecular complexity index is 1350. The van der Waals surface area contributed by atoms with Gasteiger partial charge < -0.3 is 23.4 Å². The van der Waals surface area contributed by atoms with Crippen LogP contribution < -0.4 is 14.4 Å². The third kappa shape index (κ3) is 6.00. The van der Waals surface area contributed by atoms with E-state index in [-0.39, 0.29) is 5.04 Å². The first-order valence-corrected chi connectivity index (χ1v) is 15.6. The monoisotopic (exact) mass is 517 g/mol. The summed E-state index contributed by atoms with van der Waals surface area (Å²) in [5.74, 6) is 1.50. The summed E-state index contributed by atoms with van der Waals surface area (Å²) < 4.78 is 19.8. The number of fused-ring (bicyclic) bond motifs is 1. The van der Waals surface area contributed by atoms with Gasteiger partial charge in [0, 0.05) is 78.3 Å². The Morgan fingerprint density at radius 1 is 0.892 bits per heavy atom. The van der Waals surface area contributed by atoms with Crippen molar-refractivity contribution in [1.29, 1.82) is 0 Å². The molecule has 0 fully saturated rings. The fourth-order valence-corrected chi connectivity index (χ4v) is 5.12. The summed E-state index contributed by atoms with van der Waals surface area (Å²) in [6.45, 7) is 12.7. The predicted octanol–water partition coefficient (Wildman–Crippen LogP) is 7.42. The van der Waals surface area contributed by atoms with Crippen molar-refractivity contribution in [2.75, 3.05) is 32.3 Å². The molecule has 4 rings (SSSR count). The van der Waals surface area contributed by atoms with Crippen molar-refractivity contribution < 1.29 is 13.9 Å². The Morgan fingerprint density at radius 2 is 1.59 bits per heavy atom. The lowest BCUT2D eigenvalue weighted by Crippen LogP contribution is -2.42. The number of hydrogen-bond donors (Lipinski definition) is 0. The zero-order valence-electron chi connectivity index (χ0n) is 23.3. The van der Waals surface area contributed by atoms with Gasteiger partial charge in [0.25, 0.3) is 0 Å². The van der Waals surface area contributed by atoms with E-state index in [0.29, 0.717) is 13.2 Å². The van der Waals surface area contributed by atoms with Crippen LogP contribution in [0.25, 0.3) is 22.0 Å². The molecule has 0 atom stereocenters. The number of pyridine rings is 1. The van der Waals surface area contributed by atoms with E-state index in [2.05, 4.69) is 86.1 Å². The maximum atomic E-state index is 6.57. The van der Waals surface area contributed by atoms with Crippen molar-refractivity contribution in [3.8, 4) is 22.6 Å². The number of hydrogen-bond acceptors (Lipinski definition) is 5. The lowest BCUT2D eigenvalue weighted by Gasteiger charge is -2.37. The molecule has 196 valence electrons. The fraction of sp³-hybridized carbons (Fsp3) is 0.367. The third-order valence-electron chi connectivity index (χ3n) is 7.37. The molecule has 0 amide bonds. The van der Waals surface area contributed by atoms with Gasteiger partial charge in [-0.2, -0.15) is 0 Å². The normalized spacial score (nSPS) is 12.1. The molecule has 0 radical (unpaired) electrons. The number of rotatable bonds is 9. The van der Waals surface area contributed by atoms with Crippen molar-refractivity contribution in [2.45, 2.75) is 38.9 Å². The Kier molecular flexibility index (Phi) is 7.66. The topological polar surface area (TPSA) is 48.8 Å². The van der Waals surface area contributed by atoms with Gasteiger partial charge in [-0.25, -0.2) is 0 Å². The quantitative estimate of drug-likeness (QED) is 0.216. The number of ether oxygens (including phenoxy) is 2. The van der Waals surface area contributed by atoms with Crippen molar-refractivity contribution >= 4 is 30.6 Å². The van der Waals surface area contributed by atoms with E-state index in [1.165, 1.54) is 0 Å². The smallest absolute Gasteiger partial charge is 0.192 e. The fourth-order valence-electron chi connectivity index (χ4n) is 4.08. The molecule has 6 nitrogen and oxygen atoms in total. The molecule has 0 aliphatic heterocycles. The standard InChI is InChI=1S/C30H39N3O3Si/c1-30(2,3)37(7,8)36-14-13-33(26-17-27(34-5)19-28(18-26)35-6)25-9-10-29-23(16-25)15-24(20-31-29)22-11-12-32(4)21-22/h9-12,15-21H,13-14H2,1-8H3. The van der Waals surface area contributed by atoms with Crippen LogP contribution in [0.1, 0.15) is 20.8 Å². The lowest BCUT2D eigenvalue weighted by atomic mass is 10.1. The molecule has 0 aliphatic rings. The van der Waals surface area contributed by atoms with E-state index in [0.717, 1.165) is 44.9 Å². The molecule has 4 aromatic rings. The second kappa shape index (κ2) is 10.6. The summed E-state index contributed by atoms with van der Waals surface area (Å²) in [5.41, 5.74) is 5.26. The highest BCUT2D eigenvalue weighted by atomic mass is 28.4. The van der Waals surface area contributed by atoms with E-state index < -0.39 is 8.32 Å². The molecule has 0 bridgehead atoms. The molecule has 2 aromatic heterocycles. The van der Waals surface area contributed by atoms with Gasteiger partial charge >= 0.3 is 0 Å². The van der Waals surface area contributed by atoms with Gasteiger partial charge in [0.2, 0.25) is 0 Å². The Balaban J connectivity index is 1.73. The molecule has 0 aliphatic carbocycles. The molecule has 2 heterocycles. The zero-order valence-corrected chi connectivity index (χ0v) is 24.3. The molecule has 37 heavy (non-hydrogen) atoms. The van der Waals surface area contributed by atoms with Gasteiger partial charge in [0.1, 0.15) is 11.5 Å². The van der Waals surface area contributed by atoms with Crippen molar-refractivity contribution in [1.82, 2.24) is 9.55 Å². The predicted molar refractivity (Wildman–Crippen MR) is 156 cm³/mol. The van der Waals surface area contributed by atoms with Gasteiger partial charge in [0.15, 0.2) is 8.32 Å². The summed E-state index contributed by atoms with van der Waals surface area (Å²) in [4.78, 5) is 7.00. The maximum absolute atomic E-state index is 6.57. The Hall–Kier alpha value is -3.29. The highest BCUT2D eigenvalue weighted by molar-refractivity contribution is 6.74. The number of methoxy groups -OCH3 is 2. The Morgan fingerprint density at radius 3 is 2.19 bits per heavy atom. The summed E-state index contributed by atoms with van der Waals surface area (Å²) in [7, 11) is 3.50. The van der Waals surface area contributed by atoms with Gasteiger partial charge in [-0.15, -0.1) is 0 Å². The maximum Gasteiger partial charge on any atom is 0.192 e. The van der Waals surface area contributed by atoms with Gasteiger partial charge in [-0.05, 0) is 48.5 Å². The zero-order chi connectivity index (χ0) is 26.8. The van der Waals surface area contributed by atoms with E-state index in [9.17, 15) is 0 Å². The van der Waals surface area contributed by atoms with Crippen LogP contribution in [0.15, 0.2) is 67.1 Å². The minimum absolute atomic E-state index is 0.152. The molecule has 0 spiro atoms. The number of nitrogens with zero attached hydrogens (tertiary/aromatic N) is 3. The molecule has 0 unspecified atom stereocenters. The van der Waals surface area contributed by atoms with Crippen LogP contribution in [-0.4, -0.2) is 45.2 Å². The first kappa shape index (κ1) is 26.8. The van der Waals surface area contributed by atoms with Crippen LogP contribution in [0.5, 0.6) is 11.5 Å². The van der Waals surface area contributed by atoms with E-state index in [1.54, 1.807) is 14.2 Å². The van der Waals surface area contributed by atoms with Crippen LogP contribution in [0.2, 0.25) is 18.1 Å².